The topological polar surface area (TPSA) is 75.3 Å². The van der Waals surface area contributed by atoms with Crippen LogP contribution in [0.3, 0.4) is 0 Å². The lowest BCUT2D eigenvalue weighted by molar-refractivity contribution is 0.0943. The number of hydrogen-bond acceptors (Lipinski definition) is 3. The Morgan fingerprint density at radius 1 is 1.45 bits per heavy atom. The van der Waals surface area contributed by atoms with Gasteiger partial charge >= 0.3 is 0 Å². The maximum Gasteiger partial charge on any atom is 0.251 e. The number of nitrogens with one attached hydrogen (secondary N) is 2. The maximum absolute atomic E-state index is 13.6. The average Bonchev–Trinajstić information content (AvgIpc) is 2.35. The van der Waals surface area contributed by atoms with Crippen molar-refractivity contribution in [2.24, 2.45) is 0 Å². The first-order valence-corrected chi connectivity index (χ1v) is 7.47. The van der Waals surface area contributed by atoms with Gasteiger partial charge in [-0.25, -0.2) is 17.5 Å². The van der Waals surface area contributed by atoms with Gasteiger partial charge in [-0.15, -0.1) is 6.58 Å². The highest BCUT2D eigenvalue weighted by Crippen LogP contribution is 2.16. The molecular formula is C13H17FN2O3S. The lowest BCUT2D eigenvalue weighted by atomic mass is 10.2. The predicted molar refractivity (Wildman–Crippen MR) is 74.4 cm³/mol. The van der Waals surface area contributed by atoms with E-state index in [1.807, 2.05) is 0 Å². The summed E-state index contributed by atoms with van der Waals surface area (Å²) in [6.07, 6.45) is 1.34. The van der Waals surface area contributed by atoms with Gasteiger partial charge in [0.25, 0.3) is 5.91 Å². The molecule has 110 valence electrons. The molecule has 1 aromatic rings. The van der Waals surface area contributed by atoms with Crippen molar-refractivity contribution in [3.63, 3.8) is 0 Å². The van der Waals surface area contributed by atoms with Crippen molar-refractivity contribution in [3.05, 3.63) is 42.2 Å². The van der Waals surface area contributed by atoms with Crippen molar-refractivity contribution >= 4 is 15.9 Å². The van der Waals surface area contributed by atoms with Gasteiger partial charge in [-0.3, -0.25) is 4.79 Å². The summed E-state index contributed by atoms with van der Waals surface area (Å²) in [5.41, 5.74) is 0.0825. The molecule has 0 saturated heterocycles. The molecule has 2 N–H and O–H groups in total. The molecule has 1 amide bonds. The van der Waals surface area contributed by atoms with Crippen LogP contribution in [-0.2, 0) is 10.0 Å². The summed E-state index contributed by atoms with van der Waals surface area (Å²) in [5, 5.41) is 2.61. The van der Waals surface area contributed by atoms with Gasteiger partial charge in [-0.2, -0.15) is 0 Å². The number of carbonyl (C=O) groups excluding carboxylic acids is 1. The minimum atomic E-state index is -4.01. The second kappa shape index (κ2) is 6.62. The third-order valence-corrected chi connectivity index (χ3v) is 3.76. The monoisotopic (exact) mass is 300 g/mol. The minimum Gasteiger partial charge on any atom is -0.350 e. The van der Waals surface area contributed by atoms with Crippen LogP contribution >= 0.6 is 0 Å². The smallest absolute Gasteiger partial charge is 0.251 e. The van der Waals surface area contributed by atoms with Crippen LogP contribution in [0.1, 0.15) is 24.2 Å². The molecule has 0 atom stereocenters. The van der Waals surface area contributed by atoms with Crippen LogP contribution in [0.5, 0.6) is 0 Å². The van der Waals surface area contributed by atoms with Crippen LogP contribution in [0.25, 0.3) is 0 Å². The molecule has 0 fully saturated rings. The molecule has 0 saturated carbocycles. The highest BCUT2D eigenvalue weighted by molar-refractivity contribution is 7.89. The van der Waals surface area contributed by atoms with E-state index in [-0.39, 0.29) is 18.2 Å². The Kier molecular flexibility index (Phi) is 5.41. The third kappa shape index (κ3) is 4.14. The summed E-state index contributed by atoms with van der Waals surface area (Å²) in [4.78, 5) is 11.2. The van der Waals surface area contributed by atoms with Gasteiger partial charge in [0.15, 0.2) is 0 Å². The van der Waals surface area contributed by atoms with Crippen LogP contribution in [0.2, 0.25) is 0 Å². The molecule has 0 heterocycles. The summed E-state index contributed by atoms with van der Waals surface area (Å²) in [6, 6.07) is 3.10. The molecule has 0 aliphatic heterocycles. The number of carbonyl (C=O) groups is 1. The van der Waals surface area contributed by atoms with Gasteiger partial charge in [0, 0.05) is 18.2 Å². The third-order valence-electron chi connectivity index (χ3n) is 2.32. The summed E-state index contributed by atoms with van der Waals surface area (Å²) in [5.74, 6) is -1.37. The maximum atomic E-state index is 13.6. The van der Waals surface area contributed by atoms with E-state index in [2.05, 4.69) is 16.6 Å². The second-order valence-corrected chi connectivity index (χ2v) is 6.15. The molecule has 5 nitrogen and oxygen atoms in total. The number of amides is 1. The van der Waals surface area contributed by atoms with E-state index in [9.17, 15) is 17.6 Å². The number of sulfonamides is 1. The lowest BCUT2D eigenvalue weighted by Gasteiger charge is -2.10. The first kappa shape index (κ1) is 16.3. The van der Waals surface area contributed by atoms with E-state index in [0.717, 1.165) is 12.1 Å². The molecule has 0 unspecified atom stereocenters. The van der Waals surface area contributed by atoms with Crippen molar-refractivity contribution < 1.29 is 17.6 Å². The fraction of sp³-hybridized carbons (Fsp3) is 0.308. The average molecular weight is 300 g/mol. The van der Waals surface area contributed by atoms with Gasteiger partial charge < -0.3 is 5.32 Å². The van der Waals surface area contributed by atoms with Crippen LogP contribution in [-0.4, -0.2) is 26.9 Å². The number of rotatable bonds is 6. The quantitative estimate of drug-likeness (QED) is 0.780. The summed E-state index contributed by atoms with van der Waals surface area (Å²) < 4.78 is 39.6. The highest BCUT2D eigenvalue weighted by Gasteiger charge is 2.20. The zero-order valence-corrected chi connectivity index (χ0v) is 12.1. The Bertz CT molecular complexity index is 612. The molecule has 1 rings (SSSR count). The van der Waals surface area contributed by atoms with E-state index >= 15 is 0 Å². The first-order chi connectivity index (χ1) is 9.27. The predicted octanol–water partition coefficient (Wildman–Crippen LogP) is 1.43. The van der Waals surface area contributed by atoms with Gasteiger partial charge in [-0.1, -0.05) is 6.08 Å². The molecule has 7 heteroatoms. The Morgan fingerprint density at radius 2 is 2.10 bits per heavy atom. The zero-order valence-electron chi connectivity index (χ0n) is 11.3. The van der Waals surface area contributed by atoms with E-state index in [0.29, 0.717) is 0 Å². The van der Waals surface area contributed by atoms with Crippen molar-refractivity contribution in [2.75, 3.05) is 6.54 Å². The Balaban J connectivity index is 3.15. The molecule has 0 aromatic heterocycles. The van der Waals surface area contributed by atoms with Gasteiger partial charge in [0.05, 0.1) is 0 Å². The van der Waals surface area contributed by atoms with Crippen LogP contribution in [0.4, 0.5) is 4.39 Å². The van der Waals surface area contributed by atoms with Crippen molar-refractivity contribution in [3.8, 4) is 0 Å². The van der Waals surface area contributed by atoms with Crippen molar-refractivity contribution in [1.29, 1.82) is 0 Å². The first-order valence-electron chi connectivity index (χ1n) is 5.99. The van der Waals surface area contributed by atoms with Crippen LogP contribution < -0.4 is 10.0 Å². The van der Waals surface area contributed by atoms with Gasteiger partial charge in [0.1, 0.15) is 10.7 Å². The summed E-state index contributed by atoms with van der Waals surface area (Å²) >= 11 is 0. The Morgan fingerprint density at radius 3 is 2.65 bits per heavy atom. The standard InChI is InChI=1S/C13H17FN2O3S/c1-4-7-15-20(18,19)12-8-10(5-6-11(12)14)13(17)16-9(2)3/h4-6,8-9,15H,1,7H2,2-3H3,(H,16,17). The highest BCUT2D eigenvalue weighted by atomic mass is 32.2. The molecule has 0 aliphatic rings. The fourth-order valence-electron chi connectivity index (χ4n) is 1.44. The Hall–Kier alpha value is -1.73. The second-order valence-electron chi connectivity index (χ2n) is 4.41. The molecule has 0 spiro atoms. The molecule has 20 heavy (non-hydrogen) atoms. The lowest BCUT2D eigenvalue weighted by Crippen LogP contribution is -2.30. The molecular weight excluding hydrogens is 283 g/mol. The van der Waals surface area contributed by atoms with E-state index in [4.69, 9.17) is 0 Å². The van der Waals surface area contributed by atoms with Crippen LogP contribution in [0.15, 0.2) is 35.7 Å². The van der Waals surface area contributed by atoms with E-state index in [1.54, 1.807) is 13.8 Å². The largest absolute Gasteiger partial charge is 0.350 e. The van der Waals surface area contributed by atoms with Crippen molar-refractivity contribution in [2.45, 2.75) is 24.8 Å². The fourth-order valence-corrected chi connectivity index (χ4v) is 2.54. The molecule has 1 aromatic carbocycles. The summed E-state index contributed by atoms with van der Waals surface area (Å²) in [6.45, 7) is 6.89. The van der Waals surface area contributed by atoms with Crippen LogP contribution in [0, 0.1) is 5.82 Å². The normalized spacial score (nSPS) is 11.4. The molecule has 0 radical (unpaired) electrons. The van der Waals surface area contributed by atoms with Gasteiger partial charge in [-0.05, 0) is 32.0 Å². The van der Waals surface area contributed by atoms with E-state index < -0.39 is 26.6 Å². The van der Waals surface area contributed by atoms with E-state index in [1.165, 1.54) is 12.1 Å². The zero-order chi connectivity index (χ0) is 15.3. The number of hydrogen-bond donors (Lipinski definition) is 2. The Labute approximate surface area is 117 Å². The number of benzene rings is 1. The summed E-state index contributed by atoms with van der Waals surface area (Å²) in [7, 11) is -4.01. The minimum absolute atomic E-state index is 0.0236. The number of halogens is 1. The molecule has 0 bridgehead atoms. The van der Waals surface area contributed by atoms with Gasteiger partial charge in [0.2, 0.25) is 10.0 Å². The van der Waals surface area contributed by atoms with Crippen molar-refractivity contribution in [1.82, 2.24) is 10.0 Å². The SMILES string of the molecule is C=CCNS(=O)(=O)c1cc(C(=O)NC(C)C)ccc1F. The molecule has 0 aliphatic carbocycles.